The maximum Gasteiger partial charge on any atom is 0.435 e. The third-order valence-electron chi connectivity index (χ3n) is 4.38. The van der Waals surface area contributed by atoms with Gasteiger partial charge in [-0.2, -0.15) is 18.3 Å². The Morgan fingerprint density at radius 3 is 2.62 bits per heavy atom. The molecule has 0 aliphatic carbocycles. The Hall–Kier alpha value is -2.51. The van der Waals surface area contributed by atoms with Crippen molar-refractivity contribution in [3.05, 3.63) is 47.8 Å². The second-order valence-electron chi connectivity index (χ2n) is 6.14. The molecule has 3 rings (SSSR count). The molecule has 1 fully saturated rings. The van der Waals surface area contributed by atoms with E-state index in [2.05, 4.69) is 5.10 Å². The first-order valence-corrected chi connectivity index (χ1v) is 8.51. The number of likely N-dealkylation sites (tertiary alicyclic amines) is 1. The van der Waals surface area contributed by atoms with Crippen LogP contribution in [-0.2, 0) is 17.5 Å². The van der Waals surface area contributed by atoms with E-state index in [1.807, 2.05) is 31.2 Å². The molecule has 1 atom stereocenters. The minimum atomic E-state index is -4.51. The van der Waals surface area contributed by atoms with Gasteiger partial charge in [0.1, 0.15) is 12.3 Å². The quantitative estimate of drug-likeness (QED) is 0.810. The van der Waals surface area contributed by atoms with Crippen LogP contribution < -0.4 is 4.74 Å². The predicted octanol–water partition coefficient (Wildman–Crippen LogP) is 3.66. The van der Waals surface area contributed by atoms with Crippen molar-refractivity contribution in [3.63, 3.8) is 0 Å². The molecular formula is C18H20F3N3O2. The largest absolute Gasteiger partial charge is 0.494 e. The van der Waals surface area contributed by atoms with Gasteiger partial charge >= 0.3 is 6.18 Å². The smallest absolute Gasteiger partial charge is 0.435 e. The molecule has 2 aromatic rings. The maximum absolute atomic E-state index is 12.6. The zero-order valence-corrected chi connectivity index (χ0v) is 14.4. The number of aromatic nitrogens is 2. The zero-order chi connectivity index (χ0) is 18.7. The van der Waals surface area contributed by atoms with E-state index in [-0.39, 0.29) is 18.5 Å². The number of nitrogens with zero attached hydrogens (tertiary/aromatic N) is 3. The van der Waals surface area contributed by atoms with Gasteiger partial charge < -0.3 is 9.64 Å². The lowest BCUT2D eigenvalue weighted by Gasteiger charge is -2.25. The molecule has 0 radical (unpaired) electrons. The molecule has 1 aromatic carbocycles. The first-order valence-electron chi connectivity index (χ1n) is 8.51. The second-order valence-corrected chi connectivity index (χ2v) is 6.14. The lowest BCUT2D eigenvalue weighted by Crippen LogP contribution is -2.33. The Bertz CT molecular complexity index is 756. The fourth-order valence-electron chi connectivity index (χ4n) is 3.19. The van der Waals surface area contributed by atoms with Crippen LogP contribution in [0.4, 0.5) is 13.2 Å². The molecule has 0 bridgehead atoms. The van der Waals surface area contributed by atoms with Gasteiger partial charge in [0.25, 0.3) is 0 Å². The summed E-state index contributed by atoms with van der Waals surface area (Å²) in [5.74, 6) is 0.529. The minimum absolute atomic E-state index is 0.0733. The van der Waals surface area contributed by atoms with Crippen LogP contribution in [0.5, 0.6) is 5.75 Å². The van der Waals surface area contributed by atoms with Gasteiger partial charge in [-0.15, -0.1) is 0 Å². The Balaban J connectivity index is 1.69. The summed E-state index contributed by atoms with van der Waals surface area (Å²) in [6.07, 6.45) is -1.64. The van der Waals surface area contributed by atoms with Crippen molar-refractivity contribution in [3.8, 4) is 5.75 Å². The van der Waals surface area contributed by atoms with Crippen LogP contribution in [0.2, 0.25) is 0 Å². The number of ether oxygens (including phenoxy) is 1. The van der Waals surface area contributed by atoms with Gasteiger partial charge in [0.05, 0.1) is 12.6 Å². The lowest BCUT2D eigenvalue weighted by atomic mass is 10.0. The fraction of sp³-hybridized carbons (Fsp3) is 0.444. The highest BCUT2D eigenvalue weighted by Crippen LogP contribution is 2.33. The van der Waals surface area contributed by atoms with Crippen LogP contribution in [-0.4, -0.2) is 33.7 Å². The monoisotopic (exact) mass is 367 g/mol. The van der Waals surface area contributed by atoms with Crippen LogP contribution in [0.1, 0.15) is 37.1 Å². The van der Waals surface area contributed by atoms with Crippen molar-refractivity contribution in [2.45, 2.75) is 38.5 Å². The normalized spacial score (nSPS) is 17.5. The molecule has 1 unspecified atom stereocenters. The van der Waals surface area contributed by atoms with E-state index >= 15 is 0 Å². The van der Waals surface area contributed by atoms with Crippen molar-refractivity contribution in [1.29, 1.82) is 0 Å². The van der Waals surface area contributed by atoms with Crippen molar-refractivity contribution in [2.24, 2.45) is 0 Å². The van der Waals surface area contributed by atoms with E-state index in [0.29, 0.717) is 13.2 Å². The first-order chi connectivity index (χ1) is 12.4. The molecule has 1 aliphatic rings. The average Bonchev–Trinajstić information content (AvgIpc) is 3.24. The predicted molar refractivity (Wildman–Crippen MR) is 88.5 cm³/mol. The van der Waals surface area contributed by atoms with Crippen molar-refractivity contribution >= 4 is 5.91 Å². The van der Waals surface area contributed by atoms with Crippen LogP contribution in [0, 0.1) is 0 Å². The van der Waals surface area contributed by atoms with Gasteiger partial charge in [0, 0.05) is 12.7 Å². The summed E-state index contributed by atoms with van der Waals surface area (Å²) < 4.78 is 44.4. The number of benzene rings is 1. The molecule has 0 spiro atoms. The molecule has 1 aliphatic heterocycles. The highest BCUT2D eigenvalue weighted by Gasteiger charge is 2.34. The summed E-state index contributed by atoms with van der Waals surface area (Å²) in [5.41, 5.74) is 0.00512. The van der Waals surface area contributed by atoms with Gasteiger partial charge in [0.2, 0.25) is 5.91 Å². The second kappa shape index (κ2) is 7.39. The average molecular weight is 367 g/mol. The van der Waals surface area contributed by atoms with Gasteiger partial charge in [0.15, 0.2) is 5.69 Å². The molecular weight excluding hydrogens is 347 g/mol. The van der Waals surface area contributed by atoms with Crippen LogP contribution in [0.25, 0.3) is 0 Å². The van der Waals surface area contributed by atoms with Crippen molar-refractivity contribution in [1.82, 2.24) is 14.7 Å². The van der Waals surface area contributed by atoms with E-state index in [1.165, 1.54) is 6.20 Å². The van der Waals surface area contributed by atoms with Crippen molar-refractivity contribution < 1.29 is 22.7 Å². The summed E-state index contributed by atoms with van der Waals surface area (Å²) in [5, 5.41) is 3.45. The Morgan fingerprint density at radius 1 is 1.27 bits per heavy atom. The summed E-state index contributed by atoms with van der Waals surface area (Å²) in [7, 11) is 0. The molecule has 2 heterocycles. The van der Waals surface area contributed by atoms with Crippen LogP contribution in [0.3, 0.4) is 0 Å². The minimum Gasteiger partial charge on any atom is -0.494 e. The maximum atomic E-state index is 12.6. The summed E-state index contributed by atoms with van der Waals surface area (Å²) >= 11 is 0. The van der Waals surface area contributed by atoms with Crippen LogP contribution >= 0.6 is 0 Å². The molecule has 0 N–H and O–H groups in total. The van der Waals surface area contributed by atoms with Crippen molar-refractivity contribution in [2.75, 3.05) is 13.2 Å². The SMILES string of the molecule is CCOc1ccc(C2CCCN2C(=O)Cn2ccc(C(F)(F)F)n2)cc1. The van der Waals surface area contributed by atoms with Gasteiger partial charge in [-0.3, -0.25) is 9.48 Å². The number of rotatable bonds is 5. The van der Waals surface area contributed by atoms with Crippen LogP contribution in [0.15, 0.2) is 36.5 Å². The summed E-state index contributed by atoms with van der Waals surface area (Å²) in [4.78, 5) is 14.3. The van der Waals surface area contributed by atoms with E-state index < -0.39 is 11.9 Å². The Kier molecular flexibility index (Phi) is 5.20. The van der Waals surface area contributed by atoms with E-state index in [1.54, 1.807) is 4.90 Å². The Labute approximate surface area is 149 Å². The summed E-state index contributed by atoms with van der Waals surface area (Å²) in [6, 6.07) is 8.39. The Morgan fingerprint density at radius 2 is 2.00 bits per heavy atom. The molecule has 26 heavy (non-hydrogen) atoms. The summed E-state index contributed by atoms with van der Waals surface area (Å²) in [6.45, 7) is 2.87. The van der Waals surface area contributed by atoms with E-state index in [9.17, 15) is 18.0 Å². The molecule has 140 valence electrons. The highest BCUT2D eigenvalue weighted by molar-refractivity contribution is 5.76. The molecule has 0 saturated carbocycles. The zero-order valence-electron chi connectivity index (χ0n) is 14.4. The van der Waals surface area contributed by atoms with Gasteiger partial charge in [-0.05, 0) is 43.5 Å². The standard InChI is InChI=1S/C18H20F3N3O2/c1-2-26-14-7-5-13(6-8-14)15-4-3-10-24(15)17(25)12-23-11-9-16(22-23)18(19,20)21/h5-9,11,15H,2-4,10,12H2,1H3. The molecule has 1 aromatic heterocycles. The molecule has 1 saturated heterocycles. The number of carbonyl (C=O) groups excluding carboxylic acids is 1. The number of halogens is 3. The number of hydrogen-bond acceptors (Lipinski definition) is 3. The molecule has 8 heteroatoms. The fourth-order valence-corrected chi connectivity index (χ4v) is 3.19. The number of carbonyl (C=O) groups is 1. The number of amides is 1. The van der Waals surface area contributed by atoms with Gasteiger partial charge in [-0.25, -0.2) is 0 Å². The third kappa shape index (κ3) is 4.00. The highest BCUT2D eigenvalue weighted by atomic mass is 19.4. The first kappa shape index (κ1) is 18.3. The topological polar surface area (TPSA) is 47.4 Å². The molecule has 5 nitrogen and oxygen atoms in total. The van der Waals surface area contributed by atoms with Gasteiger partial charge in [-0.1, -0.05) is 12.1 Å². The van der Waals surface area contributed by atoms with E-state index in [4.69, 9.17) is 4.74 Å². The molecule has 1 amide bonds. The number of alkyl halides is 3. The lowest BCUT2D eigenvalue weighted by molar-refractivity contribution is -0.142. The number of hydrogen-bond donors (Lipinski definition) is 0. The third-order valence-corrected chi connectivity index (χ3v) is 4.38. The van der Waals surface area contributed by atoms with E-state index in [0.717, 1.165) is 34.9 Å².